The van der Waals surface area contributed by atoms with E-state index in [0.29, 0.717) is 18.1 Å². The van der Waals surface area contributed by atoms with Gasteiger partial charge in [-0.05, 0) is 60.5 Å². The third kappa shape index (κ3) is 4.82. The molecule has 2 aliphatic rings. The van der Waals surface area contributed by atoms with Gasteiger partial charge in [-0.1, -0.05) is 11.6 Å². The van der Waals surface area contributed by atoms with Crippen molar-refractivity contribution in [2.75, 3.05) is 13.1 Å². The number of piperidine rings is 1. The number of aromatic nitrogens is 1. The van der Waals surface area contributed by atoms with Crippen LogP contribution in [0, 0.1) is 5.41 Å². The predicted octanol–water partition coefficient (Wildman–Crippen LogP) is 4.56. The highest BCUT2D eigenvalue weighted by molar-refractivity contribution is 7.85. The Balaban J connectivity index is 1.90. The molecule has 1 aromatic rings. The molecule has 0 unspecified atom stereocenters. The van der Waals surface area contributed by atoms with Gasteiger partial charge in [-0.15, -0.1) is 0 Å². The lowest BCUT2D eigenvalue weighted by Gasteiger charge is -2.40. The first-order valence-corrected chi connectivity index (χ1v) is 11.4. The highest BCUT2D eigenvalue weighted by Gasteiger charge is 2.47. The van der Waals surface area contributed by atoms with E-state index in [1.165, 1.54) is 0 Å². The fourth-order valence-electron chi connectivity index (χ4n) is 3.73. The number of carbonyl (C=O) groups is 1. The summed E-state index contributed by atoms with van der Waals surface area (Å²) in [4.78, 5) is 18.7. The summed E-state index contributed by atoms with van der Waals surface area (Å²) in [5, 5.41) is 0.543. The molecule has 1 aliphatic carbocycles. The molecular formula is C21H30ClN3O3S. The van der Waals surface area contributed by atoms with Gasteiger partial charge in [0.25, 0.3) is 0 Å². The largest absolute Gasteiger partial charge is 0.444 e. The minimum atomic E-state index is -1.39. The number of pyridine rings is 1. The quantitative estimate of drug-likeness (QED) is 0.643. The number of halogens is 1. The number of ether oxygens (including phenoxy) is 1. The van der Waals surface area contributed by atoms with Crippen molar-refractivity contribution in [3.8, 4) is 0 Å². The zero-order valence-corrected chi connectivity index (χ0v) is 19.6. The number of hydrogen-bond donors (Lipinski definition) is 0. The summed E-state index contributed by atoms with van der Waals surface area (Å²) in [6, 6.07) is 1.87. The smallest absolute Gasteiger partial charge is 0.410 e. The molecule has 0 N–H and O–H groups in total. The molecule has 0 bridgehead atoms. The molecule has 1 aromatic heterocycles. The van der Waals surface area contributed by atoms with E-state index in [1.54, 1.807) is 11.1 Å². The van der Waals surface area contributed by atoms with Gasteiger partial charge in [-0.2, -0.15) is 4.40 Å². The molecule has 160 valence electrons. The van der Waals surface area contributed by atoms with E-state index >= 15 is 0 Å². The first kappa shape index (κ1) is 22.2. The maximum Gasteiger partial charge on any atom is 0.410 e. The Morgan fingerprint density at radius 2 is 1.86 bits per heavy atom. The number of hydrogen-bond acceptors (Lipinski definition) is 4. The van der Waals surface area contributed by atoms with Crippen molar-refractivity contribution in [2.24, 2.45) is 9.81 Å². The van der Waals surface area contributed by atoms with Crippen LogP contribution in [-0.4, -0.2) is 49.3 Å². The molecule has 8 heteroatoms. The molecule has 0 aromatic carbocycles. The summed E-state index contributed by atoms with van der Waals surface area (Å²) in [6.45, 7) is 12.5. The SMILES string of the molecule is CC(C)(C)OC(=O)N1CCC2(CC1)Cc1ncc(Cl)cc1/C2=N\[S@](=O)C(C)(C)C. The second kappa shape index (κ2) is 7.65. The van der Waals surface area contributed by atoms with Crippen molar-refractivity contribution < 1.29 is 13.7 Å². The van der Waals surface area contributed by atoms with Crippen molar-refractivity contribution in [3.63, 3.8) is 0 Å². The van der Waals surface area contributed by atoms with Gasteiger partial charge in [-0.25, -0.2) is 9.00 Å². The van der Waals surface area contributed by atoms with Crippen LogP contribution in [0.15, 0.2) is 16.7 Å². The molecule has 1 fully saturated rings. The highest BCUT2D eigenvalue weighted by Crippen LogP contribution is 2.45. The van der Waals surface area contributed by atoms with E-state index in [9.17, 15) is 9.00 Å². The fraction of sp³-hybridized carbons (Fsp3) is 0.667. The van der Waals surface area contributed by atoms with Crippen molar-refractivity contribution >= 4 is 34.4 Å². The molecule has 2 heterocycles. The van der Waals surface area contributed by atoms with E-state index in [2.05, 4.69) is 4.98 Å². The molecule has 1 atom stereocenters. The van der Waals surface area contributed by atoms with Crippen LogP contribution < -0.4 is 0 Å². The van der Waals surface area contributed by atoms with Crippen LogP contribution in [0.3, 0.4) is 0 Å². The monoisotopic (exact) mass is 439 g/mol. The molecule has 1 amide bonds. The third-order valence-electron chi connectivity index (χ3n) is 5.27. The van der Waals surface area contributed by atoms with Gasteiger partial charge in [0.1, 0.15) is 16.6 Å². The molecule has 29 heavy (non-hydrogen) atoms. The summed E-state index contributed by atoms with van der Waals surface area (Å²) in [5.74, 6) is 0. The molecule has 1 aliphatic heterocycles. The van der Waals surface area contributed by atoms with E-state index in [1.807, 2.05) is 47.6 Å². The maximum absolute atomic E-state index is 12.9. The second-order valence-electron chi connectivity index (χ2n) is 9.87. The van der Waals surface area contributed by atoms with Gasteiger partial charge in [0.2, 0.25) is 0 Å². The van der Waals surface area contributed by atoms with Crippen molar-refractivity contribution in [1.82, 2.24) is 9.88 Å². The standard InChI is InChI=1S/C21H30ClN3O3S/c1-19(2,3)28-18(26)25-9-7-21(8-10-25)12-16-15(11-14(22)13-23-16)17(21)24-29(27)20(4,5)6/h11,13H,7-10,12H2,1-6H3/b24-17+/t29-/m1/s1. The van der Waals surface area contributed by atoms with Gasteiger partial charge in [0.05, 0.1) is 21.2 Å². The molecule has 0 radical (unpaired) electrons. The molecular weight excluding hydrogens is 410 g/mol. The summed E-state index contributed by atoms with van der Waals surface area (Å²) in [7, 11) is -1.39. The average molecular weight is 440 g/mol. The zero-order chi connectivity index (χ0) is 21.6. The van der Waals surface area contributed by atoms with E-state index in [-0.39, 0.29) is 11.5 Å². The van der Waals surface area contributed by atoms with E-state index in [0.717, 1.165) is 36.2 Å². The molecule has 6 nitrogen and oxygen atoms in total. The lowest BCUT2D eigenvalue weighted by Crippen LogP contribution is -2.47. The molecule has 0 saturated carbocycles. The Morgan fingerprint density at radius 1 is 1.24 bits per heavy atom. The lowest BCUT2D eigenvalue weighted by molar-refractivity contribution is 0.0159. The predicted molar refractivity (Wildman–Crippen MR) is 117 cm³/mol. The van der Waals surface area contributed by atoms with Crippen LogP contribution in [0.5, 0.6) is 0 Å². The summed E-state index contributed by atoms with van der Waals surface area (Å²) < 4.78 is 22.6. The topological polar surface area (TPSA) is 71.9 Å². The minimum absolute atomic E-state index is 0.278. The number of rotatable bonds is 1. The Bertz CT molecular complexity index is 863. The van der Waals surface area contributed by atoms with Crippen LogP contribution in [0.1, 0.15) is 65.6 Å². The van der Waals surface area contributed by atoms with Crippen LogP contribution in [0.25, 0.3) is 0 Å². The third-order valence-corrected chi connectivity index (χ3v) is 6.87. The average Bonchev–Trinajstić information content (AvgIpc) is 2.86. The fourth-order valence-corrected chi connectivity index (χ4v) is 4.62. The zero-order valence-electron chi connectivity index (χ0n) is 18.0. The minimum Gasteiger partial charge on any atom is -0.444 e. The lowest BCUT2D eigenvalue weighted by atomic mass is 9.75. The van der Waals surface area contributed by atoms with Gasteiger partial charge in [-0.3, -0.25) is 4.98 Å². The van der Waals surface area contributed by atoms with Crippen molar-refractivity contribution in [1.29, 1.82) is 0 Å². The Hall–Kier alpha value is -1.47. The maximum atomic E-state index is 12.9. The van der Waals surface area contributed by atoms with Crippen molar-refractivity contribution in [2.45, 2.75) is 71.2 Å². The van der Waals surface area contributed by atoms with Crippen LogP contribution in [0.4, 0.5) is 4.79 Å². The van der Waals surface area contributed by atoms with Gasteiger partial charge in [0, 0.05) is 36.7 Å². The molecule has 1 spiro atoms. The Labute approximate surface area is 180 Å². The molecule has 3 rings (SSSR count). The second-order valence-corrected chi connectivity index (χ2v) is 12.2. The van der Waals surface area contributed by atoms with Crippen LogP contribution in [0.2, 0.25) is 5.02 Å². The Morgan fingerprint density at radius 3 is 2.41 bits per heavy atom. The van der Waals surface area contributed by atoms with Crippen LogP contribution >= 0.6 is 11.6 Å². The number of likely N-dealkylation sites (tertiary alicyclic amines) is 1. The van der Waals surface area contributed by atoms with Gasteiger partial charge in [0.15, 0.2) is 0 Å². The number of fused-ring (bicyclic) bond motifs is 1. The summed E-state index contributed by atoms with van der Waals surface area (Å²) >= 11 is 6.21. The summed E-state index contributed by atoms with van der Waals surface area (Å²) in [6.07, 6.45) is 3.52. The molecule has 1 saturated heterocycles. The van der Waals surface area contributed by atoms with E-state index < -0.39 is 21.3 Å². The summed E-state index contributed by atoms with van der Waals surface area (Å²) in [5.41, 5.74) is 1.84. The first-order valence-electron chi connectivity index (χ1n) is 9.95. The van der Waals surface area contributed by atoms with Gasteiger partial charge >= 0.3 is 6.09 Å². The normalized spacial score (nSPS) is 21.3. The first-order chi connectivity index (χ1) is 13.3. The number of nitrogens with zero attached hydrogens (tertiary/aromatic N) is 3. The number of carbonyl (C=O) groups excluding carboxylic acids is 1. The highest BCUT2D eigenvalue weighted by atomic mass is 35.5. The van der Waals surface area contributed by atoms with Crippen molar-refractivity contribution in [3.05, 3.63) is 28.5 Å². The number of amides is 1. The van der Waals surface area contributed by atoms with E-state index in [4.69, 9.17) is 20.7 Å². The van der Waals surface area contributed by atoms with Gasteiger partial charge < -0.3 is 9.64 Å². The van der Waals surface area contributed by atoms with Crippen LogP contribution in [-0.2, 0) is 22.1 Å². The Kier molecular flexibility index (Phi) is 5.86.